The Bertz CT molecular complexity index is 410. The first-order chi connectivity index (χ1) is 8.49. The van der Waals surface area contributed by atoms with E-state index in [4.69, 9.17) is 5.11 Å². The van der Waals surface area contributed by atoms with Crippen molar-refractivity contribution in [2.24, 2.45) is 5.92 Å². The third-order valence-electron chi connectivity index (χ3n) is 2.33. The van der Waals surface area contributed by atoms with Gasteiger partial charge in [0.15, 0.2) is 5.78 Å². The monoisotopic (exact) mass is 266 g/mol. The summed E-state index contributed by atoms with van der Waals surface area (Å²) in [5.74, 6) is 0.629. The van der Waals surface area contributed by atoms with Gasteiger partial charge in [-0.25, -0.2) is 0 Å². The highest BCUT2D eigenvalue weighted by Crippen LogP contribution is 2.21. The molecule has 4 heteroatoms. The maximum atomic E-state index is 11.7. The number of thioether (sulfide) groups is 1. The second-order valence-corrected chi connectivity index (χ2v) is 5.64. The van der Waals surface area contributed by atoms with Crippen LogP contribution >= 0.6 is 11.8 Å². The Balaban J connectivity index is 2.53. The highest BCUT2D eigenvalue weighted by atomic mass is 32.2. The first kappa shape index (κ1) is 14.8. The van der Waals surface area contributed by atoms with Crippen LogP contribution in [0, 0.1) is 5.92 Å². The normalized spacial score (nSPS) is 10.6. The van der Waals surface area contributed by atoms with E-state index < -0.39 is 5.97 Å². The van der Waals surface area contributed by atoms with Crippen LogP contribution < -0.4 is 0 Å². The molecule has 0 heterocycles. The average molecular weight is 266 g/mol. The molecule has 1 aromatic rings. The van der Waals surface area contributed by atoms with E-state index in [1.165, 1.54) is 0 Å². The van der Waals surface area contributed by atoms with E-state index in [0.29, 0.717) is 11.5 Å². The molecule has 0 aliphatic carbocycles. The molecule has 3 nitrogen and oxygen atoms in total. The molecule has 0 saturated carbocycles. The Morgan fingerprint density at radius 1 is 1.17 bits per heavy atom. The van der Waals surface area contributed by atoms with Gasteiger partial charge in [-0.3, -0.25) is 9.59 Å². The van der Waals surface area contributed by atoms with Gasteiger partial charge in [0.2, 0.25) is 0 Å². The van der Waals surface area contributed by atoms with Crippen molar-refractivity contribution in [3.8, 4) is 0 Å². The van der Waals surface area contributed by atoms with E-state index >= 15 is 0 Å². The Kier molecular flexibility index (Phi) is 5.92. The molecule has 0 amide bonds. The third-order valence-corrected chi connectivity index (χ3v) is 3.76. The minimum atomic E-state index is -0.938. The molecular formula is C14H18O3S. The largest absolute Gasteiger partial charge is 0.481 e. The number of aliphatic carboxylic acids is 1. The fourth-order valence-electron chi connectivity index (χ4n) is 1.36. The number of rotatable bonds is 7. The Labute approximate surface area is 112 Å². The number of Topliss-reactive ketones (excluding diaryl/α,β-unsaturated/α-hetero) is 1. The van der Waals surface area contributed by atoms with Crippen LogP contribution in [-0.2, 0) is 4.79 Å². The molecule has 0 unspecified atom stereocenters. The summed E-state index contributed by atoms with van der Waals surface area (Å²) in [6.45, 7) is 4.33. The van der Waals surface area contributed by atoms with Crippen molar-refractivity contribution >= 4 is 23.5 Å². The Morgan fingerprint density at radius 2 is 1.78 bits per heavy atom. The number of benzene rings is 1. The van der Waals surface area contributed by atoms with E-state index in [2.05, 4.69) is 13.8 Å². The zero-order valence-electron chi connectivity index (χ0n) is 10.7. The lowest BCUT2D eigenvalue weighted by Gasteiger charge is -2.05. The molecule has 18 heavy (non-hydrogen) atoms. The van der Waals surface area contributed by atoms with Gasteiger partial charge in [-0.1, -0.05) is 26.0 Å². The van der Waals surface area contributed by atoms with Crippen molar-refractivity contribution in [1.29, 1.82) is 0 Å². The summed E-state index contributed by atoms with van der Waals surface area (Å²) in [7, 11) is 0. The Hall–Kier alpha value is -1.29. The zero-order chi connectivity index (χ0) is 13.5. The lowest BCUT2D eigenvalue weighted by atomic mass is 10.1. The fourth-order valence-corrected chi connectivity index (χ4v) is 2.22. The molecule has 0 aliphatic heterocycles. The fraction of sp³-hybridized carbons (Fsp3) is 0.429. The summed E-state index contributed by atoms with van der Waals surface area (Å²) in [6, 6.07) is 7.38. The molecular weight excluding hydrogens is 248 g/mol. The van der Waals surface area contributed by atoms with E-state index in [1.807, 2.05) is 12.1 Å². The molecule has 0 spiro atoms. The molecule has 1 aromatic carbocycles. The van der Waals surface area contributed by atoms with Gasteiger partial charge >= 0.3 is 5.97 Å². The van der Waals surface area contributed by atoms with Gasteiger partial charge in [0.1, 0.15) is 0 Å². The average Bonchev–Trinajstić information content (AvgIpc) is 2.34. The quantitative estimate of drug-likeness (QED) is 0.606. The van der Waals surface area contributed by atoms with Gasteiger partial charge in [-0.15, -0.1) is 11.8 Å². The number of hydrogen-bond acceptors (Lipinski definition) is 3. The highest BCUT2D eigenvalue weighted by Gasteiger charge is 2.08. The summed E-state index contributed by atoms with van der Waals surface area (Å²) >= 11 is 1.76. The van der Waals surface area contributed by atoms with Crippen LogP contribution in [0.15, 0.2) is 29.2 Å². The summed E-state index contributed by atoms with van der Waals surface area (Å²) in [6.07, 6.45) is -0.0451. The first-order valence-electron chi connectivity index (χ1n) is 5.97. The first-order valence-corrected chi connectivity index (χ1v) is 6.95. The predicted molar refractivity (Wildman–Crippen MR) is 73.2 cm³/mol. The molecule has 0 bridgehead atoms. The van der Waals surface area contributed by atoms with Crippen molar-refractivity contribution in [2.75, 3.05) is 5.75 Å². The summed E-state index contributed by atoms with van der Waals surface area (Å²) in [4.78, 5) is 23.2. The van der Waals surface area contributed by atoms with Crippen molar-refractivity contribution in [3.05, 3.63) is 29.8 Å². The van der Waals surface area contributed by atoms with Crippen molar-refractivity contribution in [1.82, 2.24) is 0 Å². The number of ketones is 1. The van der Waals surface area contributed by atoms with Gasteiger partial charge in [-0.2, -0.15) is 0 Å². The van der Waals surface area contributed by atoms with E-state index in [-0.39, 0.29) is 18.6 Å². The topological polar surface area (TPSA) is 54.4 Å². The molecule has 98 valence electrons. The van der Waals surface area contributed by atoms with Crippen LogP contribution in [0.5, 0.6) is 0 Å². The van der Waals surface area contributed by atoms with Gasteiger partial charge < -0.3 is 5.11 Å². The van der Waals surface area contributed by atoms with Crippen molar-refractivity contribution in [2.45, 2.75) is 31.6 Å². The molecule has 0 atom stereocenters. The second kappa shape index (κ2) is 7.21. The predicted octanol–water partition coefficient (Wildman–Crippen LogP) is 3.48. The number of carboxylic acids is 1. The SMILES string of the molecule is CC(C)CSc1ccc(C(=O)CCC(=O)O)cc1. The van der Waals surface area contributed by atoms with Crippen molar-refractivity contribution in [3.63, 3.8) is 0 Å². The van der Waals surface area contributed by atoms with E-state index in [9.17, 15) is 9.59 Å². The van der Waals surface area contributed by atoms with Crippen LogP contribution in [0.2, 0.25) is 0 Å². The smallest absolute Gasteiger partial charge is 0.303 e. The van der Waals surface area contributed by atoms with Crippen LogP contribution in [0.4, 0.5) is 0 Å². The number of carbonyl (C=O) groups is 2. The molecule has 0 fully saturated rings. The van der Waals surface area contributed by atoms with E-state index in [0.717, 1.165) is 10.6 Å². The third kappa shape index (κ3) is 5.36. The lowest BCUT2D eigenvalue weighted by molar-refractivity contribution is -0.136. The maximum absolute atomic E-state index is 11.7. The highest BCUT2D eigenvalue weighted by molar-refractivity contribution is 7.99. The van der Waals surface area contributed by atoms with Gasteiger partial charge in [0.05, 0.1) is 6.42 Å². The number of carboxylic acid groups (broad SMARTS) is 1. The molecule has 0 aliphatic rings. The van der Waals surface area contributed by atoms with E-state index in [1.54, 1.807) is 23.9 Å². The molecule has 1 rings (SSSR count). The Morgan fingerprint density at radius 3 is 2.28 bits per heavy atom. The molecule has 0 radical (unpaired) electrons. The summed E-state index contributed by atoms with van der Waals surface area (Å²) in [5, 5.41) is 8.52. The number of hydrogen-bond donors (Lipinski definition) is 1. The van der Waals surface area contributed by atoms with Gasteiger partial charge in [-0.05, 0) is 18.1 Å². The zero-order valence-corrected chi connectivity index (χ0v) is 11.5. The molecule has 0 aromatic heterocycles. The molecule has 1 N–H and O–H groups in total. The minimum Gasteiger partial charge on any atom is -0.481 e. The van der Waals surface area contributed by atoms with Crippen LogP contribution in [0.3, 0.4) is 0 Å². The van der Waals surface area contributed by atoms with Gasteiger partial charge in [0, 0.05) is 22.6 Å². The van der Waals surface area contributed by atoms with Gasteiger partial charge in [0.25, 0.3) is 0 Å². The standard InChI is InChI=1S/C14H18O3S/c1-10(2)9-18-12-5-3-11(4-6-12)13(15)7-8-14(16)17/h3-6,10H,7-9H2,1-2H3,(H,16,17). The van der Waals surface area contributed by atoms with Crippen molar-refractivity contribution < 1.29 is 14.7 Å². The van der Waals surface area contributed by atoms with Crippen LogP contribution in [0.25, 0.3) is 0 Å². The summed E-state index contributed by atoms with van der Waals surface area (Å²) < 4.78 is 0. The second-order valence-electron chi connectivity index (χ2n) is 4.55. The van der Waals surface area contributed by atoms with Crippen LogP contribution in [0.1, 0.15) is 37.0 Å². The lowest BCUT2D eigenvalue weighted by Crippen LogP contribution is -2.03. The summed E-state index contributed by atoms with van der Waals surface area (Å²) in [5.41, 5.74) is 0.588. The number of carbonyl (C=O) groups excluding carboxylic acids is 1. The minimum absolute atomic E-state index is 0.0633. The van der Waals surface area contributed by atoms with Crippen LogP contribution in [-0.4, -0.2) is 22.6 Å². The molecule has 0 saturated heterocycles. The maximum Gasteiger partial charge on any atom is 0.303 e.